The summed E-state index contributed by atoms with van der Waals surface area (Å²) in [6.07, 6.45) is 4.11. The lowest BCUT2D eigenvalue weighted by atomic mass is 9.28. The summed E-state index contributed by atoms with van der Waals surface area (Å²) >= 11 is 0. The van der Waals surface area contributed by atoms with Crippen LogP contribution in [0.3, 0.4) is 0 Å². The molecule has 0 spiro atoms. The summed E-state index contributed by atoms with van der Waals surface area (Å²) in [7, 11) is 0. The first-order chi connectivity index (χ1) is 37.2. The van der Waals surface area contributed by atoms with Gasteiger partial charge in [0.2, 0.25) is 0 Å². The molecule has 0 saturated carbocycles. The number of fused-ring (bicyclic) bond motifs is 16. The maximum atomic E-state index is 7.62. The van der Waals surface area contributed by atoms with E-state index in [2.05, 4.69) is 198 Å². The van der Waals surface area contributed by atoms with E-state index in [-0.39, 0.29) is 20.1 Å². The predicted octanol–water partition coefficient (Wildman–Crippen LogP) is 9.73. The van der Waals surface area contributed by atoms with Gasteiger partial charge in [0.1, 0.15) is 46.0 Å². The quantitative estimate of drug-likeness (QED) is 0.161. The second-order valence-electron chi connectivity index (χ2n) is 21.5. The van der Waals surface area contributed by atoms with Crippen molar-refractivity contribution in [3.63, 3.8) is 0 Å². The number of hydrogen-bond acceptors (Lipinski definition) is 6. The van der Waals surface area contributed by atoms with Gasteiger partial charge in [0, 0.05) is 68.0 Å². The molecule has 11 aromatic carbocycles. The number of nitrogens with zero attached hydrogens (tertiary/aromatic N) is 2. The highest BCUT2D eigenvalue weighted by molar-refractivity contribution is 7.05. The minimum atomic E-state index is -0.352. The van der Waals surface area contributed by atoms with Crippen LogP contribution < -0.4 is 77.9 Å². The van der Waals surface area contributed by atoms with E-state index in [0.717, 1.165) is 139 Å². The maximum Gasteiger partial charge on any atom is 0.261 e. The number of rotatable bonds is 2. The molecule has 11 aromatic rings. The second-order valence-corrected chi connectivity index (χ2v) is 21.5. The zero-order valence-corrected chi connectivity index (χ0v) is 40.5. The third-order valence-corrected chi connectivity index (χ3v) is 18.0. The second kappa shape index (κ2) is 14.0. The molecule has 9 heteroatoms. The number of para-hydroxylation sites is 4. The zero-order valence-electron chi connectivity index (χ0n) is 40.5. The molecule has 0 fully saturated rings. The minimum absolute atomic E-state index is 0.129. The molecular weight excluding hydrogens is 917 g/mol. The molecule has 0 N–H and O–H groups in total. The van der Waals surface area contributed by atoms with E-state index in [1.165, 1.54) is 60.2 Å². The van der Waals surface area contributed by atoms with Crippen LogP contribution in [0.5, 0.6) is 46.0 Å². The first kappa shape index (κ1) is 39.5. The van der Waals surface area contributed by atoms with Crippen molar-refractivity contribution in [1.82, 2.24) is 0 Å². The summed E-state index contributed by atoms with van der Waals surface area (Å²) in [4.78, 5) is 4.90. The van der Waals surface area contributed by atoms with Crippen LogP contribution in [0.15, 0.2) is 188 Å². The zero-order chi connectivity index (χ0) is 48.4. The van der Waals surface area contributed by atoms with Crippen LogP contribution in [0.1, 0.15) is 22.3 Å². The highest BCUT2D eigenvalue weighted by Crippen LogP contribution is 2.52. The Balaban J connectivity index is 0.952. The van der Waals surface area contributed by atoms with E-state index in [1.54, 1.807) is 0 Å². The van der Waals surface area contributed by atoms with Crippen LogP contribution in [0.4, 0.5) is 34.1 Å². The van der Waals surface area contributed by atoms with Crippen molar-refractivity contribution in [3.8, 4) is 46.0 Å². The van der Waals surface area contributed by atoms with Crippen LogP contribution in [0.2, 0.25) is 0 Å². The smallest absolute Gasteiger partial charge is 0.261 e. The molecule has 2 aliphatic carbocycles. The summed E-state index contributed by atoms with van der Waals surface area (Å²) in [6.45, 7) is -0.609. The van der Waals surface area contributed by atoms with E-state index < -0.39 is 0 Å². The Morgan fingerprint density at radius 3 is 1.21 bits per heavy atom. The van der Waals surface area contributed by atoms with Gasteiger partial charge in [-0.15, -0.1) is 0 Å². The molecule has 6 heterocycles. The van der Waals surface area contributed by atoms with Gasteiger partial charge in [-0.25, -0.2) is 0 Å². The average Bonchev–Trinajstić information content (AvgIpc) is 4.12. The van der Waals surface area contributed by atoms with Crippen LogP contribution in [-0.4, -0.2) is 20.1 Å². The van der Waals surface area contributed by atoms with Gasteiger partial charge >= 0.3 is 0 Å². The Hall–Kier alpha value is -9.07. The summed E-state index contributed by atoms with van der Waals surface area (Å²) in [6, 6.07) is 68.9. The first-order valence-electron chi connectivity index (χ1n) is 26.5. The van der Waals surface area contributed by atoms with E-state index in [1.807, 2.05) is 0 Å². The largest absolute Gasteiger partial charge is 0.459 e. The van der Waals surface area contributed by atoms with Crippen molar-refractivity contribution in [3.05, 3.63) is 210 Å². The van der Waals surface area contributed by atoms with Crippen LogP contribution >= 0.6 is 0 Å². The van der Waals surface area contributed by atoms with Crippen LogP contribution in [0.25, 0.3) is 21.5 Å². The molecule has 0 unspecified atom stereocenters. The SMILES string of the molecule is c1ccc(N2c3cccc4c3B(c3c2cc2c5c3Oc3ccccc3B5c3cc5c6c(cccc6c3O2)CC5)c2c(cc3c5c2Oc2ccccc2B5c2cc5c6c(cccc6c2O3)CC5)N4c2ccccc2)cc1. The van der Waals surface area contributed by atoms with Gasteiger partial charge < -0.3 is 28.7 Å². The number of anilines is 6. The molecule has 6 nitrogen and oxygen atoms in total. The lowest BCUT2D eigenvalue weighted by Gasteiger charge is -2.47. The Morgan fingerprint density at radius 2 is 0.720 bits per heavy atom. The van der Waals surface area contributed by atoms with E-state index >= 15 is 0 Å². The molecule has 0 radical (unpaired) electrons. The summed E-state index contributed by atoms with van der Waals surface area (Å²) in [5.41, 5.74) is 22.1. The van der Waals surface area contributed by atoms with Gasteiger partial charge in [0.15, 0.2) is 0 Å². The van der Waals surface area contributed by atoms with Crippen molar-refractivity contribution in [2.75, 3.05) is 9.80 Å². The summed E-state index contributed by atoms with van der Waals surface area (Å²) in [5.74, 6) is 6.96. The van der Waals surface area contributed by atoms with Crippen molar-refractivity contribution in [1.29, 1.82) is 0 Å². The number of benzene rings is 11. The topological polar surface area (TPSA) is 43.4 Å². The molecule has 0 amide bonds. The highest BCUT2D eigenvalue weighted by Gasteiger charge is 2.54. The van der Waals surface area contributed by atoms with Gasteiger partial charge in [-0.3, -0.25) is 0 Å². The molecule has 0 atom stereocenters. The highest BCUT2D eigenvalue weighted by atomic mass is 16.5. The molecule has 346 valence electrons. The minimum Gasteiger partial charge on any atom is -0.459 e. The fraction of sp³-hybridized carbons (Fsp3) is 0.0606. The molecule has 75 heavy (non-hydrogen) atoms. The Morgan fingerprint density at radius 1 is 0.293 bits per heavy atom. The fourth-order valence-corrected chi connectivity index (χ4v) is 15.1. The fourth-order valence-electron chi connectivity index (χ4n) is 15.1. The third kappa shape index (κ3) is 4.91. The third-order valence-electron chi connectivity index (χ3n) is 18.0. The Bertz CT molecular complexity index is 4210. The summed E-state index contributed by atoms with van der Waals surface area (Å²) in [5, 5.41) is 5.06. The van der Waals surface area contributed by atoms with E-state index in [4.69, 9.17) is 18.9 Å². The van der Waals surface area contributed by atoms with Crippen molar-refractivity contribution in [2.45, 2.75) is 25.7 Å². The van der Waals surface area contributed by atoms with Crippen LogP contribution in [0, 0.1) is 0 Å². The van der Waals surface area contributed by atoms with E-state index in [0.29, 0.717) is 0 Å². The van der Waals surface area contributed by atoms with Gasteiger partial charge in [-0.1, -0.05) is 127 Å². The van der Waals surface area contributed by atoms with Gasteiger partial charge in [0.05, 0.1) is 0 Å². The molecule has 0 bridgehead atoms. The number of aryl methyl sites for hydroxylation is 4. The van der Waals surface area contributed by atoms with Gasteiger partial charge in [-0.05, 0) is 145 Å². The van der Waals surface area contributed by atoms with Crippen molar-refractivity contribution >= 4 is 125 Å². The van der Waals surface area contributed by atoms with Crippen molar-refractivity contribution < 1.29 is 18.9 Å². The van der Waals surface area contributed by atoms with Gasteiger partial charge in [0.25, 0.3) is 20.1 Å². The van der Waals surface area contributed by atoms with E-state index in [9.17, 15) is 0 Å². The normalized spacial score (nSPS) is 15.3. The molecule has 0 saturated heterocycles. The van der Waals surface area contributed by atoms with Crippen molar-refractivity contribution in [2.24, 2.45) is 0 Å². The maximum absolute atomic E-state index is 7.62. The van der Waals surface area contributed by atoms with Gasteiger partial charge in [-0.2, -0.15) is 0 Å². The number of ether oxygens (including phenoxy) is 4. The molecule has 19 rings (SSSR count). The lowest BCUT2D eigenvalue weighted by Crippen LogP contribution is -2.66. The molecular formula is C66H39B3N2O4. The summed E-state index contributed by atoms with van der Waals surface area (Å²) < 4.78 is 30.2. The predicted molar refractivity (Wildman–Crippen MR) is 306 cm³/mol. The average molecular weight is 956 g/mol. The molecule has 6 aliphatic heterocycles. The monoisotopic (exact) mass is 956 g/mol. The molecule has 8 aliphatic rings. The van der Waals surface area contributed by atoms with Crippen LogP contribution in [-0.2, 0) is 25.7 Å². The Kier molecular flexibility index (Phi) is 7.34. The lowest BCUT2D eigenvalue weighted by molar-refractivity contribution is 0.469. The molecule has 0 aromatic heterocycles. The first-order valence-corrected chi connectivity index (χ1v) is 26.5. The Labute approximate surface area is 433 Å². The number of hydrogen-bond donors (Lipinski definition) is 0. The standard InChI is InChI=1S/C66H39B3N2O4/c1-3-16-40(17-4-1)70-48-24-13-25-49-58(48)69(59-50(70)34-54-61-65(59)72-52-26-9-7-22-44(52)67(61)46-32-38-30-28-36-14-11-20-42(56(36)38)63(46)74-54)60-51(71(49)41-18-5-2-6-19-41)35-55-62-66(60)73-53-27-10-8-23-45(53)68(62)47-33-39-31-29-37-15-12-21-43(57(37)39)64(47)75-55/h1-27,32-35H,28-31H2.